The number of thioether (sulfide) groups is 1. The lowest BCUT2D eigenvalue weighted by atomic mass is 10.2. The van der Waals surface area contributed by atoms with Gasteiger partial charge in [0.15, 0.2) is 5.65 Å². The molecule has 7 nitrogen and oxygen atoms in total. The van der Waals surface area contributed by atoms with Gasteiger partial charge in [-0.2, -0.15) is 11.8 Å². The second-order valence-corrected chi connectivity index (χ2v) is 6.94. The van der Waals surface area contributed by atoms with E-state index in [1.165, 1.54) is 0 Å². The number of hydrogen-bond acceptors (Lipinski definition) is 7. The minimum atomic E-state index is -0.201. The number of rotatable bonds is 6. The second-order valence-electron chi connectivity index (χ2n) is 5.13. The number of anilines is 1. The van der Waals surface area contributed by atoms with Gasteiger partial charge in [0.1, 0.15) is 10.5 Å². The molecule has 0 aromatic carbocycles. The number of fused-ring (bicyclic) bond motifs is 1. The van der Waals surface area contributed by atoms with Crippen LogP contribution in [0, 0.1) is 0 Å². The molecule has 24 heavy (non-hydrogen) atoms. The SMILES string of the molecule is CCn1c(N)nc2cc(C(=O)NCc3csc(CSC)n3)cnc21. The van der Waals surface area contributed by atoms with E-state index in [4.69, 9.17) is 5.73 Å². The van der Waals surface area contributed by atoms with Crippen LogP contribution >= 0.6 is 23.1 Å². The van der Waals surface area contributed by atoms with E-state index in [0.29, 0.717) is 35.8 Å². The lowest BCUT2D eigenvalue weighted by Gasteiger charge is -2.04. The van der Waals surface area contributed by atoms with Crippen LogP contribution in [-0.2, 0) is 18.8 Å². The van der Waals surface area contributed by atoms with Gasteiger partial charge in [-0.05, 0) is 19.2 Å². The summed E-state index contributed by atoms with van der Waals surface area (Å²) in [4.78, 5) is 25.4. The summed E-state index contributed by atoms with van der Waals surface area (Å²) in [5, 5.41) is 5.90. The van der Waals surface area contributed by atoms with E-state index >= 15 is 0 Å². The largest absolute Gasteiger partial charge is 0.369 e. The van der Waals surface area contributed by atoms with Gasteiger partial charge in [-0.3, -0.25) is 9.36 Å². The van der Waals surface area contributed by atoms with E-state index < -0.39 is 0 Å². The van der Waals surface area contributed by atoms with E-state index in [1.807, 2.05) is 18.6 Å². The molecule has 126 valence electrons. The fourth-order valence-electron chi connectivity index (χ4n) is 2.36. The molecule has 0 atom stereocenters. The number of carbonyl (C=O) groups is 1. The predicted octanol–water partition coefficient (Wildman–Crippen LogP) is 2.28. The molecule has 0 aliphatic rings. The maximum atomic E-state index is 12.3. The van der Waals surface area contributed by atoms with E-state index in [0.717, 1.165) is 16.5 Å². The third kappa shape index (κ3) is 3.36. The maximum absolute atomic E-state index is 12.3. The van der Waals surface area contributed by atoms with Crippen LogP contribution in [0.1, 0.15) is 28.0 Å². The van der Waals surface area contributed by atoms with Crippen molar-refractivity contribution in [1.29, 1.82) is 0 Å². The highest BCUT2D eigenvalue weighted by Gasteiger charge is 2.13. The fraction of sp³-hybridized carbons (Fsp3) is 0.333. The number of nitrogens with one attached hydrogen (secondary N) is 1. The average Bonchev–Trinajstić information content (AvgIpc) is 3.15. The Kier molecular flexibility index (Phi) is 5.00. The first-order valence-electron chi connectivity index (χ1n) is 7.44. The molecule has 0 aliphatic heterocycles. The number of nitrogen functional groups attached to an aromatic ring is 1. The van der Waals surface area contributed by atoms with Crippen LogP contribution in [0.15, 0.2) is 17.6 Å². The predicted molar refractivity (Wildman–Crippen MR) is 98.1 cm³/mol. The van der Waals surface area contributed by atoms with Crippen molar-refractivity contribution in [2.75, 3.05) is 12.0 Å². The quantitative estimate of drug-likeness (QED) is 0.698. The third-order valence-electron chi connectivity index (χ3n) is 3.49. The Morgan fingerprint density at radius 3 is 3.04 bits per heavy atom. The number of aryl methyl sites for hydroxylation is 1. The summed E-state index contributed by atoms with van der Waals surface area (Å²) in [5.74, 6) is 1.09. The molecule has 0 aliphatic carbocycles. The average molecular weight is 362 g/mol. The van der Waals surface area contributed by atoms with Crippen molar-refractivity contribution in [3.63, 3.8) is 0 Å². The molecule has 3 aromatic heterocycles. The maximum Gasteiger partial charge on any atom is 0.253 e. The van der Waals surface area contributed by atoms with Crippen LogP contribution in [-0.4, -0.2) is 31.7 Å². The number of nitrogens with two attached hydrogens (primary N) is 1. The van der Waals surface area contributed by atoms with Gasteiger partial charge in [0.05, 0.1) is 17.8 Å². The highest BCUT2D eigenvalue weighted by molar-refractivity contribution is 7.97. The number of thiazole rings is 1. The van der Waals surface area contributed by atoms with Gasteiger partial charge < -0.3 is 11.1 Å². The highest BCUT2D eigenvalue weighted by atomic mass is 32.2. The van der Waals surface area contributed by atoms with Gasteiger partial charge in [-0.1, -0.05) is 0 Å². The molecule has 3 rings (SSSR count). The van der Waals surface area contributed by atoms with Crippen molar-refractivity contribution >= 4 is 46.1 Å². The minimum absolute atomic E-state index is 0.201. The molecule has 0 saturated heterocycles. The number of nitrogens with zero attached hydrogens (tertiary/aromatic N) is 4. The van der Waals surface area contributed by atoms with Crippen molar-refractivity contribution in [2.45, 2.75) is 25.8 Å². The van der Waals surface area contributed by atoms with Crippen LogP contribution in [0.3, 0.4) is 0 Å². The Bertz CT molecular complexity index is 872. The van der Waals surface area contributed by atoms with E-state index in [9.17, 15) is 4.79 Å². The zero-order valence-corrected chi connectivity index (χ0v) is 15.1. The molecule has 0 bridgehead atoms. The minimum Gasteiger partial charge on any atom is -0.369 e. The van der Waals surface area contributed by atoms with Gasteiger partial charge in [0.2, 0.25) is 5.95 Å². The summed E-state index contributed by atoms with van der Waals surface area (Å²) in [6.07, 6.45) is 3.59. The second kappa shape index (κ2) is 7.18. The van der Waals surface area contributed by atoms with Gasteiger partial charge in [0.25, 0.3) is 5.91 Å². The summed E-state index contributed by atoms with van der Waals surface area (Å²) in [5.41, 5.74) is 8.49. The number of amides is 1. The first-order chi connectivity index (χ1) is 11.6. The zero-order valence-electron chi connectivity index (χ0n) is 13.4. The standard InChI is InChI=1S/C15H18N6OS2/c1-3-21-13-11(20-15(21)16)4-9(5-17-13)14(22)18-6-10-7-24-12(19-10)8-23-2/h4-5,7H,3,6,8H2,1-2H3,(H2,16,20)(H,18,22). The van der Waals surface area contributed by atoms with E-state index in [2.05, 4.69) is 20.3 Å². The monoisotopic (exact) mass is 362 g/mol. The van der Waals surface area contributed by atoms with E-state index in [-0.39, 0.29) is 5.91 Å². The molecule has 3 heterocycles. The number of aromatic nitrogens is 4. The van der Waals surface area contributed by atoms with Crippen LogP contribution in [0.4, 0.5) is 5.95 Å². The molecule has 9 heteroatoms. The summed E-state index contributed by atoms with van der Waals surface area (Å²) in [6.45, 7) is 3.05. The molecule has 0 radical (unpaired) electrons. The molecule has 0 spiro atoms. The molecule has 3 aromatic rings. The molecule has 0 unspecified atom stereocenters. The lowest BCUT2D eigenvalue weighted by molar-refractivity contribution is 0.0950. The highest BCUT2D eigenvalue weighted by Crippen LogP contribution is 2.17. The Morgan fingerprint density at radius 2 is 2.29 bits per heavy atom. The normalized spacial score (nSPS) is 11.1. The zero-order chi connectivity index (χ0) is 17.1. The number of imidazole rings is 1. The Balaban J connectivity index is 1.71. The summed E-state index contributed by atoms with van der Waals surface area (Å²) < 4.78 is 1.81. The summed E-state index contributed by atoms with van der Waals surface area (Å²) >= 11 is 3.34. The van der Waals surface area contributed by atoms with Crippen molar-refractivity contribution in [3.05, 3.63) is 33.9 Å². The molecule has 3 N–H and O–H groups in total. The topological polar surface area (TPSA) is 98.7 Å². The number of pyridine rings is 1. The summed E-state index contributed by atoms with van der Waals surface area (Å²) in [6, 6.07) is 1.71. The third-order valence-corrected chi connectivity index (χ3v) is 5.13. The Hall–Kier alpha value is -2.13. The first kappa shape index (κ1) is 16.7. The van der Waals surface area contributed by atoms with Crippen molar-refractivity contribution < 1.29 is 4.79 Å². The fourth-order valence-corrected chi connectivity index (χ4v) is 3.87. The smallest absolute Gasteiger partial charge is 0.253 e. The van der Waals surface area contributed by atoms with Crippen molar-refractivity contribution in [1.82, 2.24) is 24.8 Å². The summed E-state index contributed by atoms with van der Waals surface area (Å²) in [7, 11) is 0. The lowest BCUT2D eigenvalue weighted by Crippen LogP contribution is -2.23. The van der Waals surface area contributed by atoms with Gasteiger partial charge in [-0.15, -0.1) is 11.3 Å². The van der Waals surface area contributed by atoms with Crippen molar-refractivity contribution in [2.24, 2.45) is 0 Å². The van der Waals surface area contributed by atoms with Gasteiger partial charge in [0, 0.05) is 23.9 Å². The number of hydrogen-bond donors (Lipinski definition) is 2. The van der Waals surface area contributed by atoms with Crippen LogP contribution in [0.5, 0.6) is 0 Å². The first-order valence-corrected chi connectivity index (χ1v) is 9.72. The van der Waals surface area contributed by atoms with Crippen LogP contribution in [0.25, 0.3) is 11.2 Å². The molecule has 1 amide bonds. The van der Waals surface area contributed by atoms with E-state index in [1.54, 1.807) is 39.9 Å². The molecular weight excluding hydrogens is 344 g/mol. The van der Waals surface area contributed by atoms with Crippen molar-refractivity contribution in [3.8, 4) is 0 Å². The molecule has 0 saturated carbocycles. The van der Waals surface area contributed by atoms with Crippen LogP contribution in [0.2, 0.25) is 0 Å². The molecular formula is C15H18N6OS2. The Morgan fingerprint density at radius 1 is 1.46 bits per heavy atom. The van der Waals surface area contributed by atoms with Crippen LogP contribution < -0.4 is 11.1 Å². The van der Waals surface area contributed by atoms with Gasteiger partial charge >= 0.3 is 0 Å². The number of carbonyl (C=O) groups excluding carboxylic acids is 1. The Labute approximate surface area is 147 Å². The van der Waals surface area contributed by atoms with Gasteiger partial charge in [-0.25, -0.2) is 15.0 Å². The molecule has 0 fully saturated rings.